The minimum absolute atomic E-state index is 0.486. The fourth-order valence-electron chi connectivity index (χ4n) is 1.18. The van der Waals surface area contributed by atoms with Crippen molar-refractivity contribution in [2.45, 2.75) is 6.54 Å². The van der Waals surface area contributed by atoms with Gasteiger partial charge in [0.15, 0.2) is 0 Å². The Hall–Kier alpha value is -2.31. The molecule has 16 heavy (non-hydrogen) atoms. The molecule has 2 aromatic heterocycles. The van der Waals surface area contributed by atoms with Gasteiger partial charge < -0.3 is 15.8 Å². The van der Waals surface area contributed by atoms with Gasteiger partial charge in [0, 0.05) is 24.4 Å². The first-order chi connectivity index (χ1) is 7.79. The van der Waals surface area contributed by atoms with Gasteiger partial charge in [0.05, 0.1) is 13.3 Å². The molecule has 2 rings (SSSR count). The number of aromatic amines is 1. The van der Waals surface area contributed by atoms with Crippen LogP contribution in [0, 0.1) is 0 Å². The zero-order chi connectivity index (χ0) is 11.4. The zero-order valence-corrected chi connectivity index (χ0v) is 8.77. The Morgan fingerprint density at radius 2 is 2.44 bits per heavy atom. The lowest BCUT2D eigenvalue weighted by atomic mass is 10.3. The molecule has 0 bridgehead atoms. The van der Waals surface area contributed by atoms with Crippen molar-refractivity contribution in [2.24, 2.45) is 0 Å². The van der Waals surface area contributed by atoms with Gasteiger partial charge in [-0.05, 0) is 0 Å². The van der Waals surface area contributed by atoms with E-state index in [0.29, 0.717) is 24.2 Å². The van der Waals surface area contributed by atoms with Crippen molar-refractivity contribution < 1.29 is 4.74 Å². The van der Waals surface area contributed by atoms with Gasteiger partial charge in [-0.15, -0.1) is 0 Å². The monoisotopic (exact) mass is 220 g/mol. The summed E-state index contributed by atoms with van der Waals surface area (Å²) in [5.74, 6) is 1.54. The van der Waals surface area contributed by atoms with Crippen LogP contribution >= 0.6 is 0 Å². The van der Waals surface area contributed by atoms with Gasteiger partial charge in [0.25, 0.3) is 0 Å². The summed E-state index contributed by atoms with van der Waals surface area (Å²) in [6, 6.07) is 1.68. The number of methoxy groups -OCH3 is 1. The van der Waals surface area contributed by atoms with E-state index in [4.69, 9.17) is 10.5 Å². The first-order valence-electron chi connectivity index (χ1n) is 4.68. The van der Waals surface area contributed by atoms with Gasteiger partial charge in [0.1, 0.15) is 5.82 Å². The molecule has 0 aliphatic heterocycles. The maximum absolute atomic E-state index is 5.64. The molecule has 7 nitrogen and oxygen atoms in total. The van der Waals surface area contributed by atoms with Gasteiger partial charge in [-0.2, -0.15) is 10.1 Å². The molecule has 2 aromatic rings. The molecule has 7 heteroatoms. The molecule has 2 heterocycles. The number of anilines is 2. The van der Waals surface area contributed by atoms with Crippen LogP contribution in [0.3, 0.4) is 0 Å². The fourth-order valence-corrected chi connectivity index (χ4v) is 1.18. The Bertz CT molecular complexity index is 469. The lowest BCUT2D eigenvalue weighted by molar-refractivity contribution is 0.397. The lowest BCUT2D eigenvalue weighted by Gasteiger charge is -2.04. The molecule has 0 aromatic carbocycles. The highest BCUT2D eigenvalue weighted by atomic mass is 16.5. The van der Waals surface area contributed by atoms with Crippen LogP contribution in [0.15, 0.2) is 18.5 Å². The van der Waals surface area contributed by atoms with Crippen LogP contribution in [-0.4, -0.2) is 27.3 Å². The van der Waals surface area contributed by atoms with Crippen molar-refractivity contribution in [1.82, 2.24) is 20.2 Å². The van der Waals surface area contributed by atoms with Crippen molar-refractivity contribution >= 4 is 11.8 Å². The Morgan fingerprint density at radius 1 is 1.56 bits per heavy atom. The molecule has 0 fully saturated rings. The van der Waals surface area contributed by atoms with Crippen molar-refractivity contribution in [3.05, 3.63) is 24.0 Å². The number of rotatable bonds is 4. The van der Waals surface area contributed by atoms with Gasteiger partial charge >= 0.3 is 0 Å². The topological polar surface area (TPSA) is 102 Å². The molecular formula is C9H12N6O. The predicted molar refractivity (Wildman–Crippen MR) is 58.9 cm³/mol. The molecule has 0 radical (unpaired) electrons. The van der Waals surface area contributed by atoms with Gasteiger partial charge in [-0.1, -0.05) is 0 Å². The average molecular weight is 220 g/mol. The number of nitrogen functional groups attached to an aromatic ring is 1. The van der Waals surface area contributed by atoms with Gasteiger partial charge in [-0.25, -0.2) is 4.98 Å². The molecule has 4 N–H and O–H groups in total. The van der Waals surface area contributed by atoms with E-state index in [0.717, 1.165) is 5.56 Å². The first-order valence-corrected chi connectivity index (χ1v) is 4.68. The number of nitrogens with two attached hydrogens (primary N) is 1. The molecule has 0 aliphatic carbocycles. The lowest BCUT2D eigenvalue weighted by Crippen LogP contribution is -2.05. The highest BCUT2D eigenvalue weighted by Gasteiger charge is 2.02. The van der Waals surface area contributed by atoms with E-state index in [1.807, 2.05) is 0 Å². The van der Waals surface area contributed by atoms with Crippen molar-refractivity contribution in [2.75, 3.05) is 18.2 Å². The van der Waals surface area contributed by atoms with Crippen molar-refractivity contribution in [1.29, 1.82) is 0 Å². The Kier molecular flexibility index (Phi) is 2.86. The molecule has 0 aliphatic rings. The highest BCUT2D eigenvalue weighted by molar-refractivity contribution is 5.39. The zero-order valence-electron chi connectivity index (χ0n) is 8.77. The Labute approximate surface area is 92.1 Å². The summed E-state index contributed by atoms with van der Waals surface area (Å²) in [5, 5.41) is 9.48. The summed E-state index contributed by atoms with van der Waals surface area (Å²) < 4.78 is 4.98. The SMILES string of the molecule is COc1ccnc(NCc2cn[nH]c2N)n1. The smallest absolute Gasteiger partial charge is 0.226 e. The molecule has 0 spiro atoms. The molecule has 0 unspecified atom stereocenters. The first kappa shape index (κ1) is 10.2. The van der Waals surface area contributed by atoms with E-state index in [9.17, 15) is 0 Å². The van der Waals surface area contributed by atoms with Gasteiger partial charge in [0.2, 0.25) is 11.8 Å². The number of hydrogen-bond donors (Lipinski definition) is 3. The third-order valence-corrected chi connectivity index (χ3v) is 2.03. The number of nitrogens with zero attached hydrogens (tertiary/aromatic N) is 3. The van der Waals surface area contributed by atoms with E-state index in [1.165, 1.54) is 0 Å². The Balaban J connectivity index is 2.02. The van der Waals surface area contributed by atoms with E-state index in [-0.39, 0.29) is 0 Å². The second kappa shape index (κ2) is 4.47. The van der Waals surface area contributed by atoms with E-state index >= 15 is 0 Å². The quantitative estimate of drug-likeness (QED) is 0.689. The molecule has 84 valence electrons. The van der Waals surface area contributed by atoms with E-state index < -0.39 is 0 Å². The number of hydrogen-bond acceptors (Lipinski definition) is 6. The largest absolute Gasteiger partial charge is 0.481 e. The van der Waals surface area contributed by atoms with Crippen molar-refractivity contribution in [3.63, 3.8) is 0 Å². The summed E-state index contributed by atoms with van der Waals surface area (Å²) in [5.41, 5.74) is 6.50. The van der Waals surface area contributed by atoms with Gasteiger partial charge in [-0.3, -0.25) is 5.10 Å². The van der Waals surface area contributed by atoms with Crippen LogP contribution in [0.4, 0.5) is 11.8 Å². The van der Waals surface area contributed by atoms with Crippen LogP contribution in [0.2, 0.25) is 0 Å². The molecule has 0 atom stereocenters. The minimum atomic E-state index is 0.486. The van der Waals surface area contributed by atoms with Crippen LogP contribution < -0.4 is 15.8 Å². The summed E-state index contributed by atoms with van der Waals surface area (Å²) >= 11 is 0. The maximum Gasteiger partial charge on any atom is 0.226 e. The Morgan fingerprint density at radius 3 is 3.12 bits per heavy atom. The number of H-pyrrole nitrogens is 1. The molecular weight excluding hydrogens is 208 g/mol. The number of ether oxygens (including phenoxy) is 1. The van der Waals surface area contributed by atoms with Crippen LogP contribution in [-0.2, 0) is 6.54 Å². The molecule has 0 amide bonds. The molecule has 0 saturated carbocycles. The summed E-state index contributed by atoms with van der Waals surface area (Å²) in [6.07, 6.45) is 3.27. The molecule has 0 saturated heterocycles. The number of nitrogens with one attached hydrogen (secondary N) is 2. The summed E-state index contributed by atoms with van der Waals surface area (Å²) in [6.45, 7) is 0.509. The highest BCUT2D eigenvalue weighted by Crippen LogP contribution is 2.10. The summed E-state index contributed by atoms with van der Waals surface area (Å²) in [7, 11) is 1.56. The normalized spacial score (nSPS) is 10.1. The fraction of sp³-hybridized carbons (Fsp3) is 0.222. The second-order valence-corrected chi connectivity index (χ2v) is 3.09. The average Bonchev–Trinajstić information content (AvgIpc) is 2.72. The standard InChI is InChI=1S/C9H12N6O/c1-16-7-2-3-11-9(14-7)12-4-6-5-13-15-8(6)10/h2-3,5H,4H2,1H3,(H3,10,13,15)(H,11,12,14). The minimum Gasteiger partial charge on any atom is -0.481 e. The third kappa shape index (κ3) is 2.19. The maximum atomic E-state index is 5.64. The van der Waals surface area contributed by atoms with Crippen LogP contribution in [0.25, 0.3) is 0 Å². The van der Waals surface area contributed by atoms with Crippen molar-refractivity contribution in [3.8, 4) is 5.88 Å². The second-order valence-electron chi connectivity index (χ2n) is 3.09. The predicted octanol–water partition coefficient (Wildman–Crippen LogP) is 0.403. The third-order valence-electron chi connectivity index (χ3n) is 2.03. The van der Waals surface area contributed by atoms with E-state index in [2.05, 4.69) is 25.5 Å². The van der Waals surface area contributed by atoms with Crippen LogP contribution in [0.5, 0.6) is 5.88 Å². The van der Waals surface area contributed by atoms with E-state index in [1.54, 1.807) is 25.6 Å². The summed E-state index contributed by atoms with van der Waals surface area (Å²) in [4.78, 5) is 8.15. The van der Waals surface area contributed by atoms with Crippen LogP contribution in [0.1, 0.15) is 5.56 Å². The number of aromatic nitrogens is 4.